The highest BCUT2D eigenvalue weighted by atomic mass is 15.2. The monoisotopic (exact) mass is 256 g/mol. The molecule has 19 heavy (non-hydrogen) atoms. The summed E-state index contributed by atoms with van der Waals surface area (Å²) in [5.41, 5.74) is 8.04. The van der Waals surface area contributed by atoms with Gasteiger partial charge in [-0.3, -0.25) is 0 Å². The second-order valence-corrected chi connectivity index (χ2v) is 4.41. The van der Waals surface area contributed by atoms with Gasteiger partial charge in [0.15, 0.2) is 0 Å². The van der Waals surface area contributed by atoms with Crippen molar-refractivity contribution in [3.8, 4) is 0 Å². The van der Waals surface area contributed by atoms with Crippen LogP contribution in [0.5, 0.6) is 0 Å². The van der Waals surface area contributed by atoms with Crippen molar-refractivity contribution in [3.63, 3.8) is 0 Å². The van der Waals surface area contributed by atoms with Crippen LogP contribution in [0.1, 0.15) is 25.2 Å². The first-order valence-electron chi connectivity index (χ1n) is 6.62. The van der Waals surface area contributed by atoms with Gasteiger partial charge in [-0.05, 0) is 26.0 Å². The van der Waals surface area contributed by atoms with E-state index in [1.165, 1.54) is 0 Å². The molecule has 0 saturated carbocycles. The van der Waals surface area contributed by atoms with E-state index in [2.05, 4.69) is 33.9 Å². The second kappa shape index (κ2) is 5.69. The molecule has 0 aliphatic carbocycles. The van der Waals surface area contributed by atoms with Gasteiger partial charge in [0.25, 0.3) is 0 Å². The van der Waals surface area contributed by atoms with E-state index in [-0.39, 0.29) is 0 Å². The molecule has 0 amide bonds. The molecule has 4 nitrogen and oxygen atoms in total. The van der Waals surface area contributed by atoms with Crippen molar-refractivity contribution >= 4 is 17.3 Å². The predicted octanol–water partition coefficient (Wildman–Crippen LogP) is 3.09. The molecule has 100 valence electrons. The lowest BCUT2D eigenvalue weighted by Crippen LogP contribution is -2.20. The van der Waals surface area contributed by atoms with Crippen LogP contribution in [0.2, 0.25) is 0 Å². The van der Waals surface area contributed by atoms with Crippen molar-refractivity contribution in [2.75, 3.05) is 17.2 Å². The summed E-state index contributed by atoms with van der Waals surface area (Å²) in [4.78, 5) is 11.1. The lowest BCUT2D eigenvalue weighted by molar-refractivity contribution is 0.896. The van der Waals surface area contributed by atoms with E-state index in [4.69, 9.17) is 5.73 Å². The van der Waals surface area contributed by atoms with Crippen LogP contribution < -0.4 is 10.6 Å². The minimum atomic E-state index is 0.566. The minimum absolute atomic E-state index is 0.566. The fraction of sp³-hybridized carbons (Fsp3) is 0.333. The van der Waals surface area contributed by atoms with Gasteiger partial charge in [-0.1, -0.05) is 25.1 Å². The quantitative estimate of drug-likeness (QED) is 0.913. The first kappa shape index (κ1) is 13.3. The largest absolute Gasteiger partial charge is 0.383 e. The van der Waals surface area contributed by atoms with Crippen molar-refractivity contribution in [1.82, 2.24) is 9.97 Å². The summed E-state index contributed by atoms with van der Waals surface area (Å²) in [5.74, 6) is 2.25. The van der Waals surface area contributed by atoms with E-state index in [9.17, 15) is 0 Å². The third kappa shape index (κ3) is 2.67. The zero-order valence-corrected chi connectivity index (χ0v) is 11.7. The third-order valence-electron chi connectivity index (χ3n) is 3.16. The van der Waals surface area contributed by atoms with Gasteiger partial charge in [-0.15, -0.1) is 0 Å². The Labute approximate surface area is 114 Å². The Bertz CT molecular complexity index is 552. The number of aryl methyl sites for hydroxylation is 1. The number of para-hydroxylation sites is 1. The molecule has 4 heteroatoms. The van der Waals surface area contributed by atoms with Crippen LogP contribution in [0, 0.1) is 6.92 Å². The zero-order valence-electron chi connectivity index (χ0n) is 11.7. The van der Waals surface area contributed by atoms with Gasteiger partial charge in [-0.2, -0.15) is 0 Å². The summed E-state index contributed by atoms with van der Waals surface area (Å²) in [5, 5.41) is 0. The van der Waals surface area contributed by atoms with E-state index in [0.29, 0.717) is 5.82 Å². The number of nitrogens with two attached hydrogens (primary N) is 1. The highest BCUT2D eigenvalue weighted by Crippen LogP contribution is 2.28. The van der Waals surface area contributed by atoms with E-state index < -0.39 is 0 Å². The molecule has 0 aliphatic heterocycles. The van der Waals surface area contributed by atoms with Crippen LogP contribution in [0.3, 0.4) is 0 Å². The Balaban J connectivity index is 2.52. The number of anilines is 3. The topological polar surface area (TPSA) is 55.0 Å². The highest BCUT2D eigenvalue weighted by Gasteiger charge is 2.15. The minimum Gasteiger partial charge on any atom is -0.383 e. The van der Waals surface area contributed by atoms with Crippen molar-refractivity contribution in [1.29, 1.82) is 0 Å². The molecule has 0 bridgehead atoms. The fourth-order valence-corrected chi connectivity index (χ4v) is 2.05. The van der Waals surface area contributed by atoms with Gasteiger partial charge in [0.2, 0.25) is 0 Å². The molecular weight excluding hydrogens is 236 g/mol. The molecule has 0 radical (unpaired) electrons. The molecule has 0 spiro atoms. The maximum Gasteiger partial charge on any atom is 0.141 e. The Kier molecular flexibility index (Phi) is 4.00. The molecule has 1 aromatic heterocycles. The van der Waals surface area contributed by atoms with Gasteiger partial charge < -0.3 is 10.6 Å². The molecule has 1 aromatic carbocycles. The summed E-state index contributed by atoms with van der Waals surface area (Å²) < 4.78 is 0. The van der Waals surface area contributed by atoms with Crippen LogP contribution in [0.25, 0.3) is 0 Å². The summed E-state index contributed by atoms with van der Waals surface area (Å²) in [6, 6.07) is 10.2. The molecule has 2 aromatic rings. The van der Waals surface area contributed by atoms with Gasteiger partial charge in [-0.25, -0.2) is 9.97 Å². The summed E-state index contributed by atoms with van der Waals surface area (Å²) in [6.45, 7) is 6.95. The maximum absolute atomic E-state index is 5.99. The van der Waals surface area contributed by atoms with Crippen LogP contribution in [0.15, 0.2) is 30.3 Å². The van der Waals surface area contributed by atoms with Crippen LogP contribution in [-0.2, 0) is 6.42 Å². The highest BCUT2D eigenvalue weighted by molar-refractivity contribution is 5.66. The lowest BCUT2D eigenvalue weighted by atomic mass is 10.2. The molecule has 2 rings (SSSR count). The summed E-state index contributed by atoms with van der Waals surface area (Å²) in [7, 11) is 0. The standard InChI is InChI=1S/C15H20N4/c1-4-13-17-14(16)11(3)15(18-13)19(5-2)12-9-7-6-8-10-12/h6-10H,4-5H2,1-3H3,(H2,16,17,18). The number of nitrogens with zero attached hydrogens (tertiary/aromatic N) is 3. The number of benzene rings is 1. The number of nitrogen functional groups attached to an aromatic ring is 1. The number of hydrogen-bond donors (Lipinski definition) is 1. The lowest BCUT2D eigenvalue weighted by Gasteiger charge is -2.24. The van der Waals surface area contributed by atoms with E-state index in [1.54, 1.807) is 0 Å². The number of hydrogen-bond acceptors (Lipinski definition) is 4. The first-order valence-corrected chi connectivity index (χ1v) is 6.62. The molecule has 0 fully saturated rings. The molecule has 0 atom stereocenters. The average molecular weight is 256 g/mol. The SMILES string of the molecule is CCc1nc(N)c(C)c(N(CC)c2ccccc2)n1. The van der Waals surface area contributed by atoms with Crippen molar-refractivity contribution in [2.24, 2.45) is 0 Å². The predicted molar refractivity (Wildman–Crippen MR) is 79.7 cm³/mol. The maximum atomic E-state index is 5.99. The summed E-state index contributed by atoms with van der Waals surface area (Å²) in [6.07, 6.45) is 0.782. The normalized spacial score (nSPS) is 10.5. The first-order chi connectivity index (χ1) is 9.17. The summed E-state index contributed by atoms with van der Waals surface area (Å²) >= 11 is 0. The Morgan fingerprint density at radius 1 is 1.11 bits per heavy atom. The molecular formula is C15H20N4. The number of aromatic nitrogens is 2. The van der Waals surface area contributed by atoms with Crippen molar-refractivity contribution < 1.29 is 0 Å². The second-order valence-electron chi connectivity index (χ2n) is 4.41. The fourth-order valence-electron chi connectivity index (χ4n) is 2.05. The average Bonchev–Trinajstić information content (AvgIpc) is 2.45. The Morgan fingerprint density at radius 3 is 2.37 bits per heavy atom. The van der Waals surface area contributed by atoms with E-state index in [1.807, 2.05) is 32.0 Å². The van der Waals surface area contributed by atoms with Crippen LogP contribution in [-0.4, -0.2) is 16.5 Å². The number of rotatable bonds is 4. The zero-order chi connectivity index (χ0) is 13.8. The molecule has 0 saturated heterocycles. The van der Waals surface area contributed by atoms with Crippen molar-refractivity contribution in [2.45, 2.75) is 27.2 Å². The smallest absolute Gasteiger partial charge is 0.141 e. The van der Waals surface area contributed by atoms with Gasteiger partial charge in [0, 0.05) is 24.2 Å². The van der Waals surface area contributed by atoms with Gasteiger partial charge in [0.1, 0.15) is 17.5 Å². The molecule has 0 unspecified atom stereocenters. The van der Waals surface area contributed by atoms with E-state index in [0.717, 1.165) is 35.9 Å². The van der Waals surface area contributed by atoms with Crippen LogP contribution in [0.4, 0.5) is 17.3 Å². The van der Waals surface area contributed by atoms with E-state index >= 15 is 0 Å². The molecule has 0 aliphatic rings. The Morgan fingerprint density at radius 2 is 1.79 bits per heavy atom. The van der Waals surface area contributed by atoms with Crippen molar-refractivity contribution in [3.05, 3.63) is 41.7 Å². The van der Waals surface area contributed by atoms with Gasteiger partial charge in [0.05, 0.1) is 0 Å². The Hall–Kier alpha value is -2.10. The third-order valence-corrected chi connectivity index (χ3v) is 3.16. The molecule has 1 heterocycles. The van der Waals surface area contributed by atoms with Crippen LogP contribution >= 0.6 is 0 Å². The van der Waals surface area contributed by atoms with Gasteiger partial charge >= 0.3 is 0 Å². The molecule has 2 N–H and O–H groups in total.